The molecule has 3 rings (SSSR count). The SMILES string of the molecule is O=C(NNC(=O)[C@@H]1[C@H]2CC[C@@H](C2)[C@H]1C(=O)O)c1ccco1. The number of amides is 2. The molecule has 7 heteroatoms. The highest BCUT2D eigenvalue weighted by molar-refractivity contribution is 5.94. The summed E-state index contributed by atoms with van der Waals surface area (Å²) in [5.74, 6) is -2.90. The minimum absolute atomic E-state index is 0.0732. The van der Waals surface area contributed by atoms with Crippen molar-refractivity contribution >= 4 is 17.8 Å². The summed E-state index contributed by atoms with van der Waals surface area (Å²) < 4.78 is 4.90. The Labute approximate surface area is 120 Å². The quantitative estimate of drug-likeness (QED) is 0.714. The number of furan rings is 1. The predicted octanol–water partition coefficient (Wildman–Crippen LogP) is 0.788. The summed E-state index contributed by atoms with van der Waals surface area (Å²) in [6, 6.07) is 3.03. The van der Waals surface area contributed by atoms with Crippen LogP contribution in [0.5, 0.6) is 0 Å². The van der Waals surface area contributed by atoms with Crippen molar-refractivity contribution in [2.45, 2.75) is 19.3 Å². The van der Waals surface area contributed by atoms with Crippen LogP contribution in [-0.4, -0.2) is 22.9 Å². The normalized spacial score (nSPS) is 30.1. The van der Waals surface area contributed by atoms with Gasteiger partial charge in [-0.3, -0.25) is 25.2 Å². The standard InChI is InChI=1S/C14H16N2O5/c17-12(9-2-1-5-21-9)15-16-13(18)10-7-3-4-8(6-7)11(10)14(19)20/h1-2,5,7-8,10-11H,3-4,6H2,(H,15,17)(H,16,18)(H,19,20)/t7-,8-,10+,11+/m0/s1. The zero-order valence-electron chi connectivity index (χ0n) is 11.2. The molecule has 2 saturated carbocycles. The first-order valence-corrected chi connectivity index (χ1v) is 6.94. The van der Waals surface area contributed by atoms with Crippen molar-refractivity contribution in [1.29, 1.82) is 0 Å². The molecular formula is C14H16N2O5. The summed E-state index contributed by atoms with van der Waals surface area (Å²) in [6.45, 7) is 0. The topological polar surface area (TPSA) is 109 Å². The Kier molecular flexibility index (Phi) is 3.40. The molecule has 4 atom stereocenters. The molecule has 0 aromatic carbocycles. The first-order valence-electron chi connectivity index (χ1n) is 6.94. The molecule has 0 aliphatic heterocycles. The zero-order chi connectivity index (χ0) is 15.0. The summed E-state index contributed by atoms with van der Waals surface area (Å²) in [5.41, 5.74) is 4.58. The van der Waals surface area contributed by atoms with Gasteiger partial charge in [0.05, 0.1) is 18.1 Å². The average Bonchev–Trinajstić information content (AvgIpc) is 3.17. The van der Waals surface area contributed by atoms with E-state index in [0.29, 0.717) is 0 Å². The van der Waals surface area contributed by atoms with Crippen molar-refractivity contribution in [2.75, 3.05) is 0 Å². The van der Waals surface area contributed by atoms with Crippen molar-refractivity contribution in [1.82, 2.24) is 10.9 Å². The first-order chi connectivity index (χ1) is 10.1. The number of carbonyl (C=O) groups excluding carboxylic acids is 2. The van der Waals surface area contributed by atoms with Crippen LogP contribution in [0.2, 0.25) is 0 Å². The summed E-state index contributed by atoms with van der Waals surface area (Å²) in [6.07, 6.45) is 3.87. The van der Waals surface area contributed by atoms with Gasteiger partial charge in [-0.15, -0.1) is 0 Å². The number of carboxylic acids is 1. The second-order valence-corrected chi connectivity index (χ2v) is 5.64. The van der Waals surface area contributed by atoms with Crippen LogP contribution in [-0.2, 0) is 9.59 Å². The van der Waals surface area contributed by atoms with E-state index in [9.17, 15) is 19.5 Å². The van der Waals surface area contributed by atoms with E-state index in [0.717, 1.165) is 19.3 Å². The molecule has 21 heavy (non-hydrogen) atoms. The number of rotatable bonds is 3. The molecular weight excluding hydrogens is 276 g/mol. The monoisotopic (exact) mass is 292 g/mol. The Bertz CT molecular complexity index is 568. The number of carboxylic acid groups (broad SMARTS) is 1. The Morgan fingerprint density at radius 3 is 2.48 bits per heavy atom. The number of hydrogen-bond acceptors (Lipinski definition) is 4. The Balaban J connectivity index is 1.62. The lowest BCUT2D eigenvalue weighted by atomic mass is 9.79. The van der Waals surface area contributed by atoms with Gasteiger partial charge in [0.25, 0.3) is 0 Å². The predicted molar refractivity (Wildman–Crippen MR) is 69.8 cm³/mol. The van der Waals surface area contributed by atoms with E-state index >= 15 is 0 Å². The smallest absolute Gasteiger partial charge is 0.307 e. The van der Waals surface area contributed by atoms with E-state index in [4.69, 9.17) is 4.42 Å². The highest BCUT2D eigenvalue weighted by atomic mass is 16.4. The van der Waals surface area contributed by atoms with Gasteiger partial charge in [-0.2, -0.15) is 0 Å². The largest absolute Gasteiger partial charge is 0.481 e. The summed E-state index contributed by atoms with van der Waals surface area (Å²) in [4.78, 5) is 35.2. The van der Waals surface area contributed by atoms with E-state index in [1.807, 2.05) is 0 Å². The Hall–Kier alpha value is -2.31. The van der Waals surface area contributed by atoms with E-state index < -0.39 is 29.6 Å². The van der Waals surface area contributed by atoms with Crippen LogP contribution in [0.25, 0.3) is 0 Å². The number of hydrogen-bond donors (Lipinski definition) is 3. The van der Waals surface area contributed by atoms with Gasteiger partial charge < -0.3 is 9.52 Å². The van der Waals surface area contributed by atoms with Crippen molar-refractivity contribution in [3.8, 4) is 0 Å². The van der Waals surface area contributed by atoms with Crippen LogP contribution in [0.3, 0.4) is 0 Å². The fourth-order valence-corrected chi connectivity index (χ4v) is 3.69. The molecule has 0 unspecified atom stereocenters. The second-order valence-electron chi connectivity index (χ2n) is 5.64. The fourth-order valence-electron chi connectivity index (χ4n) is 3.69. The van der Waals surface area contributed by atoms with Crippen molar-refractivity contribution in [3.63, 3.8) is 0 Å². The molecule has 2 aliphatic rings. The fraction of sp³-hybridized carbons (Fsp3) is 0.500. The van der Waals surface area contributed by atoms with Gasteiger partial charge in [0.1, 0.15) is 0 Å². The van der Waals surface area contributed by atoms with E-state index in [-0.39, 0.29) is 17.6 Å². The van der Waals surface area contributed by atoms with Crippen LogP contribution in [0, 0.1) is 23.7 Å². The highest BCUT2D eigenvalue weighted by Gasteiger charge is 2.54. The molecule has 0 radical (unpaired) electrons. The molecule has 2 bridgehead atoms. The molecule has 112 valence electrons. The average molecular weight is 292 g/mol. The molecule has 1 aromatic heterocycles. The van der Waals surface area contributed by atoms with Gasteiger partial charge in [0.15, 0.2) is 5.76 Å². The summed E-state index contributed by atoms with van der Waals surface area (Å²) in [7, 11) is 0. The van der Waals surface area contributed by atoms with Crippen molar-refractivity contribution in [2.24, 2.45) is 23.7 Å². The van der Waals surface area contributed by atoms with Gasteiger partial charge in [-0.1, -0.05) is 0 Å². The van der Waals surface area contributed by atoms with Crippen LogP contribution in [0.4, 0.5) is 0 Å². The molecule has 2 amide bonds. The number of fused-ring (bicyclic) bond motifs is 2. The number of carbonyl (C=O) groups is 3. The molecule has 1 heterocycles. The maximum atomic E-state index is 12.2. The number of hydrazine groups is 1. The number of nitrogens with one attached hydrogen (secondary N) is 2. The van der Waals surface area contributed by atoms with Crippen LogP contribution >= 0.6 is 0 Å². The maximum Gasteiger partial charge on any atom is 0.307 e. The zero-order valence-corrected chi connectivity index (χ0v) is 11.2. The molecule has 2 fully saturated rings. The molecule has 1 aromatic rings. The van der Waals surface area contributed by atoms with E-state index in [2.05, 4.69) is 10.9 Å². The molecule has 0 spiro atoms. The molecule has 2 aliphatic carbocycles. The third kappa shape index (κ3) is 2.39. The minimum Gasteiger partial charge on any atom is -0.481 e. The van der Waals surface area contributed by atoms with E-state index in [1.165, 1.54) is 12.3 Å². The number of aliphatic carboxylic acids is 1. The summed E-state index contributed by atoms with van der Waals surface area (Å²) >= 11 is 0. The first kappa shape index (κ1) is 13.7. The second kappa shape index (κ2) is 5.23. The van der Waals surface area contributed by atoms with Crippen LogP contribution < -0.4 is 10.9 Å². The van der Waals surface area contributed by atoms with Gasteiger partial charge in [-0.05, 0) is 43.2 Å². The Morgan fingerprint density at radius 2 is 1.86 bits per heavy atom. The van der Waals surface area contributed by atoms with Gasteiger partial charge in [0.2, 0.25) is 5.91 Å². The molecule has 0 saturated heterocycles. The lowest BCUT2D eigenvalue weighted by molar-refractivity contribution is -0.149. The third-order valence-corrected chi connectivity index (χ3v) is 4.55. The lowest BCUT2D eigenvalue weighted by Gasteiger charge is -2.26. The third-order valence-electron chi connectivity index (χ3n) is 4.55. The van der Waals surface area contributed by atoms with Gasteiger partial charge >= 0.3 is 11.9 Å². The van der Waals surface area contributed by atoms with Crippen LogP contribution in [0.1, 0.15) is 29.8 Å². The van der Waals surface area contributed by atoms with Crippen molar-refractivity contribution < 1.29 is 23.9 Å². The van der Waals surface area contributed by atoms with Crippen molar-refractivity contribution in [3.05, 3.63) is 24.2 Å². The minimum atomic E-state index is -0.931. The molecule has 3 N–H and O–H groups in total. The highest BCUT2D eigenvalue weighted by Crippen LogP contribution is 2.52. The molecule has 7 nitrogen and oxygen atoms in total. The Morgan fingerprint density at radius 1 is 1.14 bits per heavy atom. The van der Waals surface area contributed by atoms with E-state index in [1.54, 1.807) is 6.07 Å². The van der Waals surface area contributed by atoms with Gasteiger partial charge in [-0.25, -0.2) is 0 Å². The maximum absolute atomic E-state index is 12.2. The van der Waals surface area contributed by atoms with Crippen LogP contribution in [0.15, 0.2) is 22.8 Å². The summed E-state index contributed by atoms with van der Waals surface area (Å²) in [5, 5.41) is 9.30. The lowest BCUT2D eigenvalue weighted by Crippen LogP contribution is -2.48. The van der Waals surface area contributed by atoms with Gasteiger partial charge in [0, 0.05) is 0 Å².